The third kappa shape index (κ3) is 13.0. The summed E-state index contributed by atoms with van der Waals surface area (Å²) >= 11 is 1.48. The maximum absolute atomic E-state index is 11.8. The van der Waals surface area contributed by atoms with Crippen LogP contribution in [0.25, 0.3) is 0 Å². The summed E-state index contributed by atoms with van der Waals surface area (Å²) in [7, 11) is 0. The molecule has 1 N–H and O–H groups in total. The Bertz CT molecular complexity index is 524. The molecule has 1 heterocycles. The van der Waals surface area contributed by atoms with Crippen LogP contribution in [0, 0.1) is 0 Å². The molecule has 0 saturated carbocycles. The fourth-order valence-electron chi connectivity index (χ4n) is 3.21. The van der Waals surface area contributed by atoms with Gasteiger partial charge >= 0.3 is 5.97 Å². The molecule has 0 aliphatic rings. The number of nitrogens with one attached hydrogen (secondary N) is 1. The first-order valence-electron chi connectivity index (χ1n) is 11.3. The molecule has 0 aromatic carbocycles. The molecule has 0 saturated heterocycles. The molecule has 0 unspecified atom stereocenters. The molecule has 0 aliphatic heterocycles. The number of unbranched alkanes of at least 4 members (excludes halogenated alkanes) is 12. The van der Waals surface area contributed by atoms with Gasteiger partial charge in [0.05, 0.1) is 11.1 Å². The lowest BCUT2D eigenvalue weighted by atomic mass is 10.0. The van der Waals surface area contributed by atoms with E-state index in [0.29, 0.717) is 4.88 Å². The van der Waals surface area contributed by atoms with E-state index in [1.807, 2.05) is 32.1 Å². The van der Waals surface area contributed by atoms with Gasteiger partial charge in [-0.3, -0.25) is 0 Å². The average Bonchev–Trinajstić information content (AvgIpc) is 3.13. The first-order chi connectivity index (χ1) is 13.6. The first-order valence-corrected chi connectivity index (χ1v) is 12.1. The van der Waals surface area contributed by atoms with Crippen molar-refractivity contribution in [3.8, 4) is 0 Å². The van der Waals surface area contributed by atoms with Crippen molar-refractivity contribution in [2.24, 2.45) is 0 Å². The second-order valence-corrected chi connectivity index (χ2v) is 8.95. The largest absolute Gasteiger partial charge is 0.459 e. The zero-order valence-corrected chi connectivity index (χ0v) is 19.0. The fraction of sp³-hybridized carbons (Fsp3) is 0.708. The van der Waals surface area contributed by atoms with Crippen LogP contribution >= 0.6 is 11.3 Å². The Balaban J connectivity index is 1.89. The predicted molar refractivity (Wildman–Crippen MR) is 124 cm³/mol. The highest BCUT2D eigenvalue weighted by atomic mass is 32.1. The number of carbonyl (C=O) groups is 1. The monoisotopic (exact) mass is 407 g/mol. The Morgan fingerprint density at radius 2 is 1.50 bits per heavy atom. The number of esters is 1. The van der Waals surface area contributed by atoms with Gasteiger partial charge in [0.25, 0.3) is 0 Å². The van der Waals surface area contributed by atoms with Crippen molar-refractivity contribution in [1.29, 1.82) is 0 Å². The highest BCUT2D eigenvalue weighted by molar-refractivity contribution is 7.17. The highest BCUT2D eigenvalue weighted by Gasteiger charge is 2.11. The van der Waals surface area contributed by atoms with Crippen LogP contribution in [0.4, 0.5) is 5.00 Å². The molecular weight excluding hydrogens is 366 g/mol. The molecule has 1 aromatic heterocycles. The predicted octanol–water partition coefficient (Wildman–Crippen LogP) is 7.98. The second kappa shape index (κ2) is 16.6. The molecule has 0 radical (unpaired) electrons. The summed E-state index contributed by atoms with van der Waals surface area (Å²) in [4.78, 5) is 12.5. The van der Waals surface area contributed by atoms with Crippen molar-refractivity contribution in [1.82, 2.24) is 0 Å². The number of carbonyl (C=O) groups excluding carboxylic acids is 1. The van der Waals surface area contributed by atoms with E-state index in [1.54, 1.807) is 0 Å². The van der Waals surface area contributed by atoms with Gasteiger partial charge < -0.3 is 10.1 Å². The van der Waals surface area contributed by atoms with Crippen molar-refractivity contribution in [3.05, 3.63) is 29.7 Å². The summed E-state index contributed by atoms with van der Waals surface area (Å²) in [5.74, 6) is -0.222. The zero-order chi connectivity index (χ0) is 20.5. The van der Waals surface area contributed by atoms with Crippen LogP contribution in [0.5, 0.6) is 0 Å². The molecule has 0 atom stereocenters. The summed E-state index contributed by atoms with van der Waals surface area (Å²) in [6.07, 6.45) is 19.4. The van der Waals surface area contributed by atoms with Gasteiger partial charge in [0.2, 0.25) is 0 Å². The maximum atomic E-state index is 11.8. The maximum Gasteiger partial charge on any atom is 0.348 e. The van der Waals surface area contributed by atoms with E-state index in [2.05, 4.69) is 11.9 Å². The lowest BCUT2D eigenvalue weighted by Gasteiger charge is -2.06. The Labute approximate surface area is 177 Å². The quantitative estimate of drug-likeness (QED) is 0.152. The molecule has 3 nitrogen and oxygen atoms in total. The standard InChI is InChI=1S/C24H41NO2S/c1-4-5-6-7-8-9-10-11-12-13-14-15-16-17-20-25-23-19-18-22(28-23)24(26)27-21(2)3/h4,18-19,21,25H,1,5-17,20H2,2-3H3. The van der Waals surface area contributed by atoms with Gasteiger partial charge in [0.15, 0.2) is 0 Å². The lowest BCUT2D eigenvalue weighted by Crippen LogP contribution is -2.09. The van der Waals surface area contributed by atoms with Gasteiger partial charge in [-0.05, 0) is 45.2 Å². The second-order valence-electron chi connectivity index (χ2n) is 7.86. The van der Waals surface area contributed by atoms with Crippen molar-refractivity contribution >= 4 is 22.3 Å². The number of hydrogen-bond donors (Lipinski definition) is 1. The van der Waals surface area contributed by atoms with Crippen LogP contribution in [0.15, 0.2) is 24.8 Å². The van der Waals surface area contributed by atoms with Crippen molar-refractivity contribution in [2.45, 2.75) is 103 Å². The van der Waals surface area contributed by atoms with Crippen LogP contribution < -0.4 is 5.32 Å². The number of thiophene rings is 1. The van der Waals surface area contributed by atoms with E-state index in [4.69, 9.17) is 4.74 Å². The van der Waals surface area contributed by atoms with Crippen LogP contribution in [0.3, 0.4) is 0 Å². The van der Waals surface area contributed by atoms with Crippen LogP contribution in [-0.2, 0) is 4.74 Å². The number of ether oxygens (including phenoxy) is 1. The first kappa shape index (κ1) is 24.7. The summed E-state index contributed by atoms with van der Waals surface area (Å²) in [5.41, 5.74) is 0. The van der Waals surface area contributed by atoms with Gasteiger partial charge in [0.1, 0.15) is 4.88 Å². The van der Waals surface area contributed by atoms with E-state index in [1.165, 1.54) is 94.8 Å². The van der Waals surface area contributed by atoms with E-state index >= 15 is 0 Å². The summed E-state index contributed by atoms with van der Waals surface area (Å²) < 4.78 is 5.22. The Morgan fingerprint density at radius 3 is 2.04 bits per heavy atom. The number of anilines is 1. The smallest absolute Gasteiger partial charge is 0.348 e. The molecule has 28 heavy (non-hydrogen) atoms. The molecule has 0 aliphatic carbocycles. The molecule has 0 fully saturated rings. The van der Waals surface area contributed by atoms with Crippen molar-refractivity contribution in [3.63, 3.8) is 0 Å². The third-order valence-electron chi connectivity index (χ3n) is 4.78. The molecule has 0 bridgehead atoms. The molecule has 1 aromatic rings. The summed E-state index contributed by atoms with van der Waals surface area (Å²) in [5, 5.41) is 4.48. The number of hydrogen-bond acceptors (Lipinski definition) is 4. The van der Waals surface area contributed by atoms with E-state index < -0.39 is 0 Å². The average molecular weight is 408 g/mol. The van der Waals surface area contributed by atoms with Crippen LogP contribution in [0.2, 0.25) is 0 Å². The summed E-state index contributed by atoms with van der Waals surface area (Å²) in [6, 6.07) is 3.82. The molecule has 1 rings (SSSR count). The number of allylic oxidation sites excluding steroid dienone is 1. The number of rotatable bonds is 18. The lowest BCUT2D eigenvalue weighted by molar-refractivity contribution is 0.0384. The van der Waals surface area contributed by atoms with E-state index in [0.717, 1.165) is 11.5 Å². The topological polar surface area (TPSA) is 38.3 Å². The van der Waals surface area contributed by atoms with Gasteiger partial charge in [0, 0.05) is 6.54 Å². The Kier molecular flexibility index (Phi) is 14.7. The summed E-state index contributed by atoms with van der Waals surface area (Å²) in [6.45, 7) is 8.49. The van der Waals surface area contributed by atoms with E-state index in [9.17, 15) is 4.79 Å². The van der Waals surface area contributed by atoms with Crippen molar-refractivity contribution in [2.75, 3.05) is 11.9 Å². The Hall–Kier alpha value is -1.29. The van der Waals surface area contributed by atoms with Crippen molar-refractivity contribution < 1.29 is 9.53 Å². The minimum absolute atomic E-state index is 0.0709. The fourth-order valence-corrected chi connectivity index (χ4v) is 4.02. The molecule has 0 amide bonds. The third-order valence-corrected chi connectivity index (χ3v) is 5.81. The van der Waals surface area contributed by atoms with Gasteiger partial charge in [-0.1, -0.05) is 70.3 Å². The molecule has 0 spiro atoms. The van der Waals surface area contributed by atoms with E-state index in [-0.39, 0.29) is 12.1 Å². The zero-order valence-electron chi connectivity index (χ0n) is 18.1. The molecule has 160 valence electrons. The van der Waals surface area contributed by atoms with Gasteiger partial charge in [-0.25, -0.2) is 4.79 Å². The molecular formula is C24H41NO2S. The minimum atomic E-state index is -0.222. The normalized spacial score (nSPS) is 11.0. The molecule has 4 heteroatoms. The van der Waals surface area contributed by atoms with Gasteiger partial charge in [-0.2, -0.15) is 0 Å². The Morgan fingerprint density at radius 1 is 0.964 bits per heavy atom. The highest BCUT2D eigenvalue weighted by Crippen LogP contribution is 2.23. The van der Waals surface area contributed by atoms with Crippen LogP contribution in [0.1, 0.15) is 107 Å². The van der Waals surface area contributed by atoms with Gasteiger partial charge in [-0.15, -0.1) is 17.9 Å². The minimum Gasteiger partial charge on any atom is -0.459 e. The van der Waals surface area contributed by atoms with Crippen LogP contribution in [-0.4, -0.2) is 18.6 Å². The SMILES string of the molecule is C=CCCCCCCCCCCCCCCNc1ccc(C(=O)OC(C)C)s1.